The van der Waals surface area contributed by atoms with Crippen LogP contribution < -0.4 is 15.4 Å². The Morgan fingerprint density at radius 3 is 2.32 bits per heavy atom. The van der Waals surface area contributed by atoms with Crippen LogP contribution in [0.3, 0.4) is 0 Å². The predicted octanol–water partition coefficient (Wildman–Crippen LogP) is 1.58. The number of piperazine rings is 1. The summed E-state index contributed by atoms with van der Waals surface area (Å²) in [5.41, 5.74) is 8.57. The summed E-state index contributed by atoms with van der Waals surface area (Å²) in [6, 6.07) is 15.8. The van der Waals surface area contributed by atoms with Gasteiger partial charge in [-0.25, -0.2) is 0 Å². The number of hydrogen-bond acceptors (Lipinski definition) is 5. The topological polar surface area (TPSA) is 79.0 Å². The van der Waals surface area contributed by atoms with E-state index in [0.29, 0.717) is 12.3 Å². The third kappa shape index (κ3) is 5.97. The molecule has 0 aromatic heterocycles. The average molecular weight is 383 g/mol. The van der Waals surface area contributed by atoms with Crippen molar-refractivity contribution in [3.05, 3.63) is 59.7 Å². The van der Waals surface area contributed by atoms with Gasteiger partial charge in [-0.05, 0) is 36.8 Å². The van der Waals surface area contributed by atoms with Gasteiger partial charge in [-0.3, -0.25) is 9.69 Å². The van der Waals surface area contributed by atoms with Gasteiger partial charge in [0, 0.05) is 38.4 Å². The normalized spacial score (nSPS) is 16.0. The number of benzene rings is 2. The molecule has 1 saturated heterocycles. The number of nitrogens with zero attached hydrogens (tertiary/aromatic N) is 2. The first-order valence-electron chi connectivity index (χ1n) is 9.71. The number of rotatable bonds is 8. The van der Waals surface area contributed by atoms with E-state index in [1.807, 2.05) is 12.1 Å². The van der Waals surface area contributed by atoms with E-state index in [9.17, 15) is 9.90 Å². The number of ether oxygens (including phenoxy) is 1. The van der Waals surface area contributed by atoms with Crippen LogP contribution in [0.1, 0.15) is 11.1 Å². The van der Waals surface area contributed by atoms with Gasteiger partial charge in [0.15, 0.2) is 0 Å². The molecule has 0 spiro atoms. The van der Waals surface area contributed by atoms with E-state index in [1.54, 1.807) is 12.1 Å². The van der Waals surface area contributed by atoms with Crippen LogP contribution in [0.5, 0.6) is 5.75 Å². The van der Waals surface area contributed by atoms with Crippen molar-refractivity contribution < 1.29 is 14.6 Å². The molecule has 0 bridgehead atoms. The zero-order chi connectivity index (χ0) is 19.9. The van der Waals surface area contributed by atoms with Gasteiger partial charge in [0.05, 0.1) is 6.42 Å². The summed E-state index contributed by atoms with van der Waals surface area (Å²) in [4.78, 5) is 15.6. The number of aliphatic hydroxyl groups is 1. The van der Waals surface area contributed by atoms with E-state index < -0.39 is 6.10 Å². The Hall–Kier alpha value is -2.57. The summed E-state index contributed by atoms with van der Waals surface area (Å²) >= 11 is 0. The zero-order valence-electron chi connectivity index (χ0n) is 16.4. The lowest BCUT2D eigenvalue weighted by Crippen LogP contribution is -2.49. The molecule has 0 radical (unpaired) electrons. The lowest BCUT2D eigenvalue weighted by atomic mass is 10.1. The summed E-state index contributed by atoms with van der Waals surface area (Å²) < 4.78 is 5.67. The molecule has 6 heteroatoms. The lowest BCUT2D eigenvalue weighted by Gasteiger charge is -2.36. The fraction of sp³-hybridized carbons (Fsp3) is 0.409. The molecule has 1 heterocycles. The van der Waals surface area contributed by atoms with Crippen LogP contribution in [0.4, 0.5) is 5.69 Å². The van der Waals surface area contributed by atoms with E-state index in [1.165, 1.54) is 11.3 Å². The fourth-order valence-electron chi connectivity index (χ4n) is 3.39. The summed E-state index contributed by atoms with van der Waals surface area (Å²) in [7, 11) is 0. The monoisotopic (exact) mass is 383 g/mol. The van der Waals surface area contributed by atoms with Crippen LogP contribution in [0.2, 0.25) is 0 Å². The molecule has 2 aromatic rings. The summed E-state index contributed by atoms with van der Waals surface area (Å²) in [5.74, 6) is 0.322. The molecule has 28 heavy (non-hydrogen) atoms. The average Bonchev–Trinajstić information content (AvgIpc) is 2.68. The minimum atomic E-state index is -0.545. The standard InChI is InChI=1S/C22H29N3O3/c1-17-2-6-19(7-3-17)25-12-10-24(11-13-25)15-20(26)16-28-21-8-4-18(5-9-21)14-22(23)27/h2-9,20,26H,10-16H2,1H3,(H2,23,27)/t20-/m0/s1. The van der Waals surface area contributed by atoms with E-state index in [4.69, 9.17) is 10.5 Å². The van der Waals surface area contributed by atoms with E-state index in [2.05, 4.69) is 41.0 Å². The highest BCUT2D eigenvalue weighted by Crippen LogP contribution is 2.17. The minimum absolute atomic E-state index is 0.220. The highest BCUT2D eigenvalue weighted by atomic mass is 16.5. The van der Waals surface area contributed by atoms with Crippen molar-refractivity contribution in [3.63, 3.8) is 0 Å². The van der Waals surface area contributed by atoms with Crippen molar-refractivity contribution in [3.8, 4) is 5.75 Å². The van der Waals surface area contributed by atoms with Gasteiger partial charge in [-0.1, -0.05) is 29.8 Å². The van der Waals surface area contributed by atoms with Crippen LogP contribution >= 0.6 is 0 Å². The molecule has 1 amide bonds. The molecule has 3 N–H and O–H groups in total. The quantitative estimate of drug-likeness (QED) is 0.724. The number of aliphatic hydroxyl groups excluding tert-OH is 1. The maximum absolute atomic E-state index is 10.9. The number of β-amino-alcohol motifs (C(OH)–C–C–N with tert-alkyl or cyclic N) is 1. The second-order valence-corrected chi connectivity index (χ2v) is 7.38. The number of primary amides is 1. The van der Waals surface area contributed by atoms with Gasteiger partial charge in [0.1, 0.15) is 18.5 Å². The minimum Gasteiger partial charge on any atom is -0.491 e. The molecule has 6 nitrogen and oxygen atoms in total. The third-order valence-corrected chi connectivity index (χ3v) is 4.98. The fourth-order valence-corrected chi connectivity index (χ4v) is 3.39. The van der Waals surface area contributed by atoms with Crippen LogP contribution in [0.25, 0.3) is 0 Å². The molecule has 1 atom stereocenters. The number of amides is 1. The Kier molecular flexibility index (Phi) is 6.90. The molecule has 0 saturated carbocycles. The predicted molar refractivity (Wildman–Crippen MR) is 111 cm³/mol. The largest absolute Gasteiger partial charge is 0.491 e. The van der Waals surface area contributed by atoms with Crippen molar-refractivity contribution in [1.82, 2.24) is 4.90 Å². The maximum atomic E-state index is 10.9. The Balaban J connectivity index is 1.39. The first kappa shape index (κ1) is 20.2. The van der Waals surface area contributed by atoms with Gasteiger partial charge in [0.2, 0.25) is 5.91 Å². The van der Waals surface area contributed by atoms with Crippen molar-refractivity contribution in [2.24, 2.45) is 5.73 Å². The van der Waals surface area contributed by atoms with Gasteiger partial charge in [-0.2, -0.15) is 0 Å². The second-order valence-electron chi connectivity index (χ2n) is 7.38. The van der Waals surface area contributed by atoms with Crippen molar-refractivity contribution in [2.45, 2.75) is 19.4 Å². The van der Waals surface area contributed by atoms with Gasteiger partial charge in [0.25, 0.3) is 0 Å². The van der Waals surface area contributed by atoms with E-state index in [-0.39, 0.29) is 18.9 Å². The van der Waals surface area contributed by atoms with Gasteiger partial charge < -0.3 is 20.5 Å². The summed E-state index contributed by atoms with van der Waals surface area (Å²) in [6.07, 6.45) is -0.325. The first-order chi connectivity index (χ1) is 13.5. The number of carbonyl (C=O) groups is 1. The second kappa shape index (κ2) is 9.57. The maximum Gasteiger partial charge on any atom is 0.221 e. The van der Waals surface area contributed by atoms with E-state index in [0.717, 1.165) is 31.7 Å². The Bertz CT molecular complexity index is 754. The smallest absolute Gasteiger partial charge is 0.221 e. The number of aryl methyl sites for hydroxylation is 1. The Morgan fingerprint density at radius 1 is 1.07 bits per heavy atom. The van der Waals surface area contributed by atoms with Crippen LogP contribution in [0, 0.1) is 6.92 Å². The molecule has 1 aliphatic heterocycles. The number of anilines is 1. The lowest BCUT2D eigenvalue weighted by molar-refractivity contribution is -0.117. The number of carbonyl (C=O) groups excluding carboxylic acids is 1. The highest BCUT2D eigenvalue weighted by Gasteiger charge is 2.19. The van der Waals surface area contributed by atoms with Crippen molar-refractivity contribution in [2.75, 3.05) is 44.2 Å². The molecule has 2 aromatic carbocycles. The summed E-state index contributed by atoms with van der Waals surface area (Å²) in [6.45, 7) is 6.70. The van der Waals surface area contributed by atoms with Crippen molar-refractivity contribution >= 4 is 11.6 Å². The first-order valence-corrected chi connectivity index (χ1v) is 9.71. The molecular formula is C22H29N3O3. The van der Waals surface area contributed by atoms with E-state index >= 15 is 0 Å². The molecule has 1 fully saturated rings. The summed E-state index contributed by atoms with van der Waals surface area (Å²) in [5, 5.41) is 10.3. The molecular weight excluding hydrogens is 354 g/mol. The molecule has 0 aliphatic carbocycles. The number of nitrogens with two attached hydrogens (primary N) is 1. The molecule has 0 unspecified atom stereocenters. The Morgan fingerprint density at radius 2 is 1.71 bits per heavy atom. The van der Waals surface area contributed by atoms with Crippen molar-refractivity contribution in [1.29, 1.82) is 0 Å². The van der Waals surface area contributed by atoms with Crippen LogP contribution in [-0.4, -0.2) is 61.3 Å². The zero-order valence-corrected chi connectivity index (χ0v) is 16.4. The van der Waals surface area contributed by atoms with Gasteiger partial charge in [-0.15, -0.1) is 0 Å². The number of hydrogen-bond donors (Lipinski definition) is 2. The highest BCUT2D eigenvalue weighted by molar-refractivity contribution is 5.76. The van der Waals surface area contributed by atoms with Crippen LogP contribution in [0.15, 0.2) is 48.5 Å². The molecule has 150 valence electrons. The molecule has 3 rings (SSSR count). The van der Waals surface area contributed by atoms with Crippen LogP contribution in [-0.2, 0) is 11.2 Å². The Labute approximate surface area is 166 Å². The third-order valence-electron chi connectivity index (χ3n) is 4.98. The SMILES string of the molecule is Cc1ccc(N2CCN(C[C@H](O)COc3ccc(CC(N)=O)cc3)CC2)cc1. The molecule has 1 aliphatic rings. The van der Waals surface area contributed by atoms with Gasteiger partial charge >= 0.3 is 0 Å².